The first kappa shape index (κ1) is 12.2. The van der Waals surface area contributed by atoms with Gasteiger partial charge in [-0.1, -0.05) is 15.9 Å². The van der Waals surface area contributed by atoms with Gasteiger partial charge in [-0.05, 0) is 13.3 Å². The Bertz CT molecular complexity index is 349. The number of amides is 1. The predicted octanol–water partition coefficient (Wildman–Crippen LogP) is 2.15. The van der Waals surface area contributed by atoms with Crippen LogP contribution in [0.15, 0.2) is 4.42 Å². The highest BCUT2D eigenvalue weighted by molar-refractivity contribution is 9.09. The zero-order valence-corrected chi connectivity index (χ0v) is 10.8. The van der Waals surface area contributed by atoms with Crippen molar-refractivity contribution in [2.45, 2.75) is 20.3 Å². The van der Waals surface area contributed by atoms with Gasteiger partial charge in [-0.25, -0.2) is 4.98 Å². The van der Waals surface area contributed by atoms with Crippen LogP contribution in [0.4, 0.5) is 0 Å². The minimum Gasteiger partial charge on any atom is -0.436 e. The van der Waals surface area contributed by atoms with Crippen LogP contribution in [0.2, 0.25) is 0 Å². The first-order valence-corrected chi connectivity index (χ1v) is 5.94. The third-order valence-corrected chi connectivity index (χ3v) is 2.63. The molecule has 15 heavy (non-hydrogen) atoms. The second-order valence-corrected chi connectivity index (χ2v) is 4.21. The molecule has 84 valence electrons. The highest BCUT2D eigenvalue weighted by Crippen LogP contribution is 2.11. The van der Waals surface area contributed by atoms with Crippen LogP contribution in [0.25, 0.3) is 0 Å². The molecule has 0 aliphatic carbocycles. The van der Waals surface area contributed by atoms with Gasteiger partial charge in [0.25, 0.3) is 5.91 Å². The standard InChI is InChI=1S/C10H15BrN2O2/c1-7-9(15-8(2)12-7)10(14)13(3)6-4-5-11/h4-6H2,1-3H3. The van der Waals surface area contributed by atoms with E-state index in [1.807, 2.05) is 0 Å². The van der Waals surface area contributed by atoms with Crippen LogP contribution < -0.4 is 0 Å². The van der Waals surface area contributed by atoms with Crippen molar-refractivity contribution in [3.8, 4) is 0 Å². The van der Waals surface area contributed by atoms with Crippen molar-refractivity contribution in [3.63, 3.8) is 0 Å². The van der Waals surface area contributed by atoms with E-state index in [0.717, 1.165) is 11.8 Å². The summed E-state index contributed by atoms with van der Waals surface area (Å²) in [6, 6.07) is 0. The summed E-state index contributed by atoms with van der Waals surface area (Å²) in [5, 5.41) is 0.888. The van der Waals surface area contributed by atoms with Crippen LogP contribution in [0.3, 0.4) is 0 Å². The van der Waals surface area contributed by atoms with E-state index in [9.17, 15) is 4.79 Å². The number of oxazole rings is 1. The minimum atomic E-state index is -0.103. The summed E-state index contributed by atoms with van der Waals surface area (Å²) in [4.78, 5) is 17.6. The van der Waals surface area contributed by atoms with Gasteiger partial charge in [0.1, 0.15) is 0 Å². The molecule has 0 N–H and O–H groups in total. The van der Waals surface area contributed by atoms with Crippen LogP contribution in [0.1, 0.15) is 28.6 Å². The fraction of sp³-hybridized carbons (Fsp3) is 0.600. The van der Waals surface area contributed by atoms with E-state index >= 15 is 0 Å². The third-order valence-electron chi connectivity index (χ3n) is 2.07. The maximum Gasteiger partial charge on any atom is 0.291 e. The molecule has 0 radical (unpaired) electrons. The Balaban J connectivity index is 2.71. The molecule has 1 aromatic rings. The van der Waals surface area contributed by atoms with E-state index in [-0.39, 0.29) is 5.91 Å². The number of halogens is 1. The molecule has 0 aliphatic heterocycles. The van der Waals surface area contributed by atoms with E-state index < -0.39 is 0 Å². The SMILES string of the molecule is Cc1nc(C)c(C(=O)N(C)CCCBr)o1. The van der Waals surface area contributed by atoms with Gasteiger partial charge in [0.15, 0.2) is 5.89 Å². The topological polar surface area (TPSA) is 46.3 Å². The van der Waals surface area contributed by atoms with Crippen molar-refractivity contribution in [1.29, 1.82) is 0 Å². The maximum atomic E-state index is 11.9. The van der Waals surface area contributed by atoms with E-state index in [4.69, 9.17) is 4.42 Å². The molecule has 1 aromatic heterocycles. The molecule has 0 aromatic carbocycles. The van der Waals surface area contributed by atoms with Gasteiger partial charge >= 0.3 is 0 Å². The molecule has 4 nitrogen and oxygen atoms in total. The molecular weight excluding hydrogens is 260 g/mol. The summed E-state index contributed by atoms with van der Waals surface area (Å²) in [7, 11) is 1.77. The largest absolute Gasteiger partial charge is 0.436 e. The van der Waals surface area contributed by atoms with E-state index in [0.29, 0.717) is 23.9 Å². The highest BCUT2D eigenvalue weighted by atomic mass is 79.9. The average molecular weight is 275 g/mol. The summed E-state index contributed by atoms with van der Waals surface area (Å²) in [6.45, 7) is 4.23. The smallest absolute Gasteiger partial charge is 0.291 e. The molecule has 0 unspecified atom stereocenters. The lowest BCUT2D eigenvalue weighted by Crippen LogP contribution is -2.28. The Labute approximate surface area is 97.8 Å². The van der Waals surface area contributed by atoms with Crippen molar-refractivity contribution in [2.24, 2.45) is 0 Å². The number of alkyl halides is 1. The number of hydrogen-bond donors (Lipinski definition) is 0. The van der Waals surface area contributed by atoms with Gasteiger partial charge in [0.05, 0.1) is 5.69 Å². The van der Waals surface area contributed by atoms with Gasteiger partial charge in [-0.3, -0.25) is 4.79 Å². The lowest BCUT2D eigenvalue weighted by atomic mass is 10.3. The number of aromatic nitrogens is 1. The Morgan fingerprint density at radius 3 is 2.67 bits per heavy atom. The first-order chi connectivity index (χ1) is 7.06. The monoisotopic (exact) mass is 274 g/mol. The van der Waals surface area contributed by atoms with Crippen molar-refractivity contribution in [1.82, 2.24) is 9.88 Å². The molecule has 0 aliphatic rings. The van der Waals surface area contributed by atoms with Gasteiger partial charge in [0, 0.05) is 25.8 Å². The maximum absolute atomic E-state index is 11.9. The normalized spacial score (nSPS) is 10.4. The van der Waals surface area contributed by atoms with Crippen molar-refractivity contribution in [2.75, 3.05) is 18.9 Å². The summed E-state index contributed by atoms with van der Waals surface area (Å²) < 4.78 is 5.26. The fourth-order valence-electron chi connectivity index (χ4n) is 1.30. The van der Waals surface area contributed by atoms with Gasteiger partial charge < -0.3 is 9.32 Å². The zero-order valence-electron chi connectivity index (χ0n) is 9.21. The fourth-order valence-corrected chi connectivity index (χ4v) is 1.55. The van der Waals surface area contributed by atoms with Crippen LogP contribution in [-0.2, 0) is 0 Å². The molecule has 5 heteroatoms. The number of nitrogens with zero attached hydrogens (tertiary/aromatic N) is 2. The Hall–Kier alpha value is -0.840. The Kier molecular flexibility index (Phi) is 4.32. The van der Waals surface area contributed by atoms with Crippen LogP contribution >= 0.6 is 15.9 Å². The Morgan fingerprint density at radius 1 is 1.53 bits per heavy atom. The second kappa shape index (κ2) is 5.30. The van der Waals surface area contributed by atoms with Gasteiger partial charge in [0.2, 0.25) is 5.76 Å². The second-order valence-electron chi connectivity index (χ2n) is 3.42. The zero-order chi connectivity index (χ0) is 11.4. The molecule has 0 atom stereocenters. The molecular formula is C10H15BrN2O2. The van der Waals surface area contributed by atoms with E-state index in [1.165, 1.54) is 0 Å². The number of rotatable bonds is 4. The Morgan fingerprint density at radius 2 is 2.20 bits per heavy atom. The lowest BCUT2D eigenvalue weighted by molar-refractivity contribution is 0.0762. The lowest BCUT2D eigenvalue weighted by Gasteiger charge is -2.14. The van der Waals surface area contributed by atoms with Crippen LogP contribution in [0, 0.1) is 13.8 Å². The molecule has 0 fully saturated rings. The molecule has 1 heterocycles. The molecule has 0 saturated heterocycles. The third kappa shape index (κ3) is 3.06. The number of aryl methyl sites for hydroxylation is 2. The number of hydrogen-bond acceptors (Lipinski definition) is 3. The molecule has 1 rings (SSSR count). The first-order valence-electron chi connectivity index (χ1n) is 4.81. The summed E-state index contributed by atoms with van der Waals surface area (Å²) in [5.74, 6) is 0.781. The predicted molar refractivity (Wildman–Crippen MR) is 61.3 cm³/mol. The van der Waals surface area contributed by atoms with Gasteiger partial charge in [-0.2, -0.15) is 0 Å². The minimum absolute atomic E-state index is 0.103. The van der Waals surface area contributed by atoms with Crippen molar-refractivity contribution in [3.05, 3.63) is 17.3 Å². The van der Waals surface area contributed by atoms with Crippen LogP contribution in [-0.4, -0.2) is 34.7 Å². The number of carbonyl (C=O) groups is 1. The summed E-state index contributed by atoms with van der Waals surface area (Å²) in [5.41, 5.74) is 0.656. The van der Waals surface area contributed by atoms with Crippen molar-refractivity contribution < 1.29 is 9.21 Å². The molecule has 0 saturated carbocycles. The van der Waals surface area contributed by atoms with E-state index in [2.05, 4.69) is 20.9 Å². The highest BCUT2D eigenvalue weighted by Gasteiger charge is 2.19. The molecule has 1 amide bonds. The van der Waals surface area contributed by atoms with E-state index in [1.54, 1.807) is 25.8 Å². The summed E-state index contributed by atoms with van der Waals surface area (Å²) in [6.07, 6.45) is 0.925. The van der Waals surface area contributed by atoms with Gasteiger partial charge in [-0.15, -0.1) is 0 Å². The van der Waals surface area contributed by atoms with Crippen molar-refractivity contribution >= 4 is 21.8 Å². The number of carbonyl (C=O) groups excluding carboxylic acids is 1. The quantitative estimate of drug-likeness (QED) is 0.791. The average Bonchev–Trinajstić information content (AvgIpc) is 2.53. The molecule has 0 bridgehead atoms. The summed E-state index contributed by atoms with van der Waals surface area (Å²) >= 11 is 3.33. The van der Waals surface area contributed by atoms with Crippen LogP contribution in [0.5, 0.6) is 0 Å². The molecule has 0 spiro atoms.